The average molecular weight is 338 g/mol. The molecule has 0 spiro atoms. The molecule has 0 radical (unpaired) electrons. The van der Waals surface area contributed by atoms with Crippen molar-refractivity contribution in [2.75, 3.05) is 19.6 Å². The lowest BCUT2D eigenvalue weighted by Gasteiger charge is -2.38. The Morgan fingerprint density at radius 3 is 2.56 bits per heavy atom. The molecule has 0 amide bonds. The van der Waals surface area contributed by atoms with Crippen LogP contribution in [0.4, 0.5) is 0 Å². The highest BCUT2D eigenvalue weighted by atomic mass is 16.3. The number of likely N-dealkylation sites (tertiary alicyclic amines) is 1. The normalized spacial score (nSPS) is 22.7. The average Bonchev–Trinajstić information content (AvgIpc) is 2.63. The van der Waals surface area contributed by atoms with Crippen molar-refractivity contribution in [2.45, 2.75) is 39.0 Å². The maximum Gasteiger partial charge on any atom is 0.0914 e. The third kappa shape index (κ3) is 5.15. The summed E-state index contributed by atoms with van der Waals surface area (Å²) in [6, 6.07) is 19.3. The summed E-state index contributed by atoms with van der Waals surface area (Å²) in [6.07, 6.45) is 0.753. The highest BCUT2D eigenvalue weighted by Gasteiger charge is 2.26. The van der Waals surface area contributed by atoms with E-state index in [9.17, 15) is 5.11 Å². The fourth-order valence-electron chi connectivity index (χ4n) is 3.56. The maximum absolute atomic E-state index is 10.5. The fourth-order valence-corrected chi connectivity index (χ4v) is 3.56. The van der Waals surface area contributed by atoms with E-state index in [-0.39, 0.29) is 0 Å². The lowest BCUT2D eigenvalue weighted by atomic mass is 9.92. The summed E-state index contributed by atoms with van der Waals surface area (Å²) in [5.74, 6) is 0.636. The second-order valence-electron chi connectivity index (χ2n) is 7.43. The van der Waals surface area contributed by atoms with Gasteiger partial charge in [0.1, 0.15) is 0 Å². The van der Waals surface area contributed by atoms with Crippen LogP contribution >= 0.6 is 0 Å². The van der Waals surface area contributed by atoms with Gasteiger partial charge in [-0.15, -0.1) is 0 Å². The van der Waals surface area contributed by atoms with Crippen LogP contribution < -0.4 is 5.32 Å². The number of nitrogens with zero attached hydrogens (tertiary/aromatic N) is 1. The third-order valence-corrected chi connectivity index (χ3v) is 5.33. The highest BCUT2D eigenvalue weighted by molar-refractivity contribution is 5.23. The van der Waals surface area contributed by atoms with E-state index in [1.165, 1.54) is 17.5 Å². The second-order valence-corrected chi connectivity index (χ2v) is 7.43. The van der Waals surface area contributed by atoms with Gasteiger partial charge in [0.15, 0.2) is 0 Å². The Morgan fingerprint density at radius 1 is 1.12 bits per heavy atom. The standard InChI is InChI=1S/C22H30N2O/c1-17-8-10-20(11-9-17)22(25)14-23-21-16-24(13-12-18(21)2)15-19-6-4-3-5-7-19/h3-11,18,21-23,25H,12-16H2,1-2H3/t18-,21+,22-/m1/s1. The fraction of sp³-hybridized carbons (Fsp3) is 0.455. The summed E-state index contributed by atoms with van der Waals surface area (Å²) >= 11 is 0. The first-order valence-corrected chi connectivity index (χ1v) is 9.36. The Hall–Kier alpha value is -1.68. The molecule has 1 saturated heterocycles. The number of benzene rings is 2. The van der Waals surface area contributed by atoms with E-state index >= 15 is 0 Å². The van der Waals surface area contributed by atoms with Crippen molar-refractivity contribution in [3.8, 4) is 0 Å². The van der Waals surface area contributed by atoms with E-state index < -0.39 is 6.10 Å². The Kier molecular flexibility index (Phi) is 6.24. The van der Waals surface area contributed by atoms with Crippen LogP contribution in [-0.2, 0) is 6.54 Å². The first-order chi connectivity index (χ1) is 12.1. The van der Waals surface area contributed by atoms with Crippen LogP contribution in [0.5, 0.6) is 0 Å². The molecule has 0 bridgehead atoms. The summed E-state index contributed by atoms with van der Waals surface area (Å²) in [6.45, 7) is 8.18. The molecule has 3 nitrogen and oxygen atoms in total. The molecule has 3 heteroatoms. The van der Waals surface area contributed by atoms with Crippen molar-refractivity contribution in [2.24, 2.45) is 5.92 Å². The summed E-state index contributed by atoms with van der Waals surface area (Å²) in [4.78, 5) is 2.52. The van der Waals surface area contributed by atoms with Gasteiger partial charge in [-0.25, -0.2) is 0 Å². The zero-order valence-electron chi connectivity index (χ0n) is 15.4. The SMILES string of the molecule is Cc1ccc([C@H](O)CN[C@H]2CN(Cc3ccccc3)CC[C@H]2C)cc1. The molecule has 0 aliphatic carbocycles. The number of nitrogens with one attached hydrogen (secondary N) is 1. The van der Waals surface area contributed by atoms with Gasteiger partial charge in [-0.05, 0) is 36.9 Å². The zero-order valence-corrected chi connectivity index (χ0v) is 15.4. The van der Waals surface area contributed by atoms with Gasteiger partial charge in [-0.3, -0.25) is 4.90 Å². The predicted octanol–water partition coefficient (Wildman–Crippen LogP) is 3.53. The van der Waals surface area contributed by atoms with E-state index in [1.807, 2.05) is 12.1 Å². The number of piperidine rings is 1. The molecule has 0 saturated carbocycles. The lowest BCUT2D eigenvalue weighted by molar-refractivity contribution is 0.119. The van der Waals surface area contributed by atoms with Crippen LogP contribution in [0.15, 0.2) is 54.6 Å². The van der Waals surface area contributed by atoms with E-state index in [1.54, 1.807) is 0 Å². The molecule has 0 aromatic heterocycles. The molecule has 1 aliphatic rings. The Balaban J connectivity index is 1.52. The number of aryl methyl sites for hydroxylation is 1. The first-order valence-electron chi connectivity index (χ1n) is 9.36. The smallest absolute Gasteiger partial charge is 0.0914 e. The number of aliphatic hydroxyl groups excluding tert-OH is 1. The zero-order chi connectivity index (χ0) is 17.6. The van der Waals surface area contributed by atoms with Crippen LogP contribution in [-0.4, -0.2) is 35.7 Å². The molecule has 2 N–H and O–H groups in total. The Bertz CT molecular complexity index is 641. The number of aliphatic hydroxyl groups is 1. The van der Waals surface area contributed by atoms with E-state index in [2.05, 4.69) is 66.5 Å². The molecule has 2 aromatic carbocycles. The molecule has 1 heterocycles. The van der Waals surface area contributed by atoms with Gasteiger partial charge < -0.3 is 10.4 Å². The molecule has 1 fully saturated rings. The van der Waals surface area contributed by atoms with Gasteiger partial charge in [-0.2, -0.15) is 0 Å². The number of hydrogen-bond acceptors (Lipinski definition) is 3. The van der Waals surface area contributed by atoms with Gasteiger partial charge in [0, 0.05) is 25.7 Å². The third-order valence-electron chi connectivity index (χ3n) is 5.33. The van der Waals surface area contributed by atoms with Crippen molar-refractivity contribution < 1.29 is 5.11 Å². The Labute approximate surface area is 151 Å². The second kappa shape index (κ2) is 8.61. The largest absolute Gasteiger partial charge is 0.387 e. The molecule has 25 heavy (non-hydrogen) atoms. The minimum atomic E-state index is -0.447. The summed E-state index contributed by atoms with van der Waals surface area (Å²) in [7, 11) is 0. The molecule has 2 aromatic rings. The molecule has 3 atom stereocenters. The van der Waals surface area contributed by atoms with Crippen molar-refractivity contribution >= 4 is 0 Å². The highest BCUT2D eigenvalue weighted by Crippen LogP contribution is 2.20. The predicted molar refractivity (Wildman–Crippen MR) is 103 cm³/mol. The molecule has 1 aliphatic heterocycles. The minimum Gasteiger partial charge on any atom is -0.387 e. The van der Waals surface area contributed by atoms with E-state index in [4.69, 9.17) is 0 Å². The van der Waals surface area contributed by atoms with Crippen LogP contribution in [0, 0.1) is 12.8 Å². The van der Waals surface area contributed by atoms with Crippen molar-refractivity contribution in [3.05, 3.63) is 71.3 Å². The Morgan fingerprint density at radius 2 is 1.84 bits per heavy atom. The number of hydrogen-bond donors (Lipinski definition) is 2. The van der Waals surface area contributed by atoms with Crippen molar-refractivity contribution in [1.29, 1.82) is 0 Å². The monoisotopic (exact) mass is 338 g/mol. The van der Waals surface area contributed by atoms with Crippen molar-refractivity contribution in [1.82, 2.24) is 10.2 Å². The van der Waals surface area contributed by atoms with E-state index in [0.29, 0.717) is 18.5 Å². The topological polar surface area (TPSA) is 35.5 Å². The van der Waals surface area contributed by atoms with Gasteiger partial charge in [0.25, 0.3) is 0 Å². The maximum atomic E-state index is 10.5. The van der Waals surface area contributed by atoms with Crippen LogP contribution in [0.3, 0.4) is 0 Å². The first kappa shape index (κ1) is 18.1. The molecule has 0 unspecified atom stereocenters. The van der Waals surface area contributed by atoms with Crippen LogP contribution in [0.2, 0.25) is 0 Å². The summed E-state index contributed by atoms with van der Waals surface area (Å²) in [5, 5.41) is 14.1. The summed E-state index contributed by atoms with van der Waals surface area (Å²) < 4.78 is 0. The molecule has 3 rings (SSSR count). The quantitative estimate of drug-likeness (QED) is 0.846. The van der Waals surface area contributed by atoms with E-state index in [0.717, 1.165) is 25.2 Å². The van der Waals surface area contributed by atoms with Gasteiger partial charge in [0.05, 0.1) is 6.10 Å². The lowest BCUT2D eigenvalue weighted by Crippen LogP contribution is -2.50. The minimum absolute atomic E-state index is 0.428. The molecular weight excluding hydrogens is 308 g/mol. The molecule has 134 valence electrons. The molecular formula is C22H30N2O. The number of rotatable bonds is 6. The van der Waals surface area contributed by atoms with Crippen molar-refractivity contribution in [3.63, 3.8) is 0 Å². The van der Waals surface area contributed by atoms with Crippen LogP contribution in [0.25, 0.3) is 0 Å². The van der Waals surface area contributed by atoms with Gasteiger partial charge >= 0.3 is 0 Å². The van der Waals surface area contributed by atoms with Gasteiger partial charge in [-0.1, -0.05) is 67.1 Å². The van der Waals surface area contributed by atoms with Gasteiger partial charge in [0.2, 0.25) is 0 Å². The summed E-state index contributed by atoms with van der Waals surface area (Å²) in [5.41, 5.74) is 3.58. The van der Waals surface area contributed by atoms with Crippen LogP contribution in [0.1, 0.15) is 36.1 Å².